The van der Waals surface area contributed by atoms with Gasteiger partial charge in [0, 0.05) is 6.54 Å². The Hall–Kier alpha value is -1.06. The summed E-state index contributed by atoms with van der Waals surface area (Å²) in [5, 5.41) is 0. The van der Waals surface area contributed by atoms with Crippen LogP contribution in [-0.4, -0.2) is 37.7 Å². The van der Waals surface area contributed by atoms with E-state index in [9.17, 15) is 0 Å². The molecule has 1 saturated heterocycles. The van der Waals surface area contributed by atoms with Crippen LogP contribution in [0.4, 0.5) is 0 Å². The highest BCUT2D eigenvalue weighted by Crippen LogP contribution is 2.20. The van der Waals surface area contributed by atoms with E-state index in [1.807, 2.05) is 0 Å². The van der Waals surface area contributed by atoms with Crippen LogP contribution in [0.15, 0.2) is 18.2 Å². The fourth-order valence-electron chi connectivity index (χ4n) is 3.23. The zero-order valence-corrected chi connectivity index (χ0v) is 13.6. The molecule has 1 aliphatic heterocycles. The van der Waals surface area contributed by atoms with Crippen LogP contribution in [0.1, 0.15) is 36.8 Å². The predicted octanol–water partition coefficient (Wildman–Crippen LogP) is 3.13. The van der Waals surface area contributed by atoms with Crippen LogP contribution in [0.2, 0.25) is 0 Å². The monoisotopic (exact) mass is 290 g/mol. The summed E-state index contributed by atoms with van der Waals surface area (Å²) in [6.07, 6.45) is 4.93. The summed E-state index contributed by atoms with van der Waals surface area (Å²) in [7, 11) is 0. The summed E-state index contributed by atoms with van der Waals surface area (Å²) in [4.78, 5) is 2.57. The molecule has 0 aromatic heterocycles. The van der Waals surface area contributed by atoms with Gasteiger partial charge in [-0.25, -0.2) is 0 Å². The number of benzene rings is 1. The molecule has 0 bridgehead atoms. The quantitative estimate of drug-likeness (QED) is 0.784. The number of piperidine rings is 1. The largest absolute Gasteiger partial charge is 0.494 e. The maximum atomic E-state index is 5.88. The van der Waals surface area contributed by atoms with E-state index in [-0.39, 0.29) is 0 Å². The minimum Gasteiger partial charge on any atom is -0.494 e. The first-order chi connectivity index (χ1) is 10.2. The zero-order chi connectivity index (χ0) is 15.1. The normalized spacial score (nSPS) is 17.1. The van der Waals surface area contributed by atoms with Crippen molar-refractivity contribution in [2.24, 2.45) is 11.7 Å². The summed E-state index contributed by atoms with van der Waals surface area (Å²) in [5.41, 5.74) is 8.18. The molecule has 21 heavy (non-hydrogen) atoms. The summed E-state index contributed by atoms with van der Waals surface area (Å²) in [6, 6.07) is 6.41. The third-order valence-corrected chi connectivity index (χ3v) is 4.36. The number of hydrogen-bond acceptors (Lipinski definition) is 3. The molecule has 3 nitrogen and oxygen atoms in total. The highest BCUT2D eigenvalue weighted by molar-refractivity contribution is 5.32. The molecule has 0 aliphatic carbocycles. The van der Waals surface area contributed by atoms with Crippen molar-refractivity contribution < 1.29 is 4.74 Å². The second-order valence-corrected chi connectivity index (χ2v) is 6.39. The summed E-state index contributed by atoms with van der Waals surface area (Å²) in [5.74, 6) is 1.87. The van der Waals surface area contributed by atoms with E-state index in [1.54, 1.807) is 0 Å². The van der Waals surface area contributed by atoms with Gasteiger partial charge in [0.25, 0.3) is 0 Å². The molecule has 0 saturated carbocycles. The summed E-state index contributed by atoms with van der Waals surface area (Å²) >= 11 is 0. The standard InChI is InChI=1S/C18H30N2O/c1-15-12-16(2)14-18(13-15)21-11-3-8-20-9-5-17(4-7-19)6-10-20/h12-14,17H,3-11,19H2,1-2H3. The second kappa shape index (κ2) is 8.40. The topological polar surface area (TPSA) is 38.5 Å². The van der Waals surface area contributed by atoms with Crippen molar-refractivity contribution in [2.75, 3.05) is 32.8 Å². The van der Waals surface area contributed by atoms with Gasteiger partial charge in [-0.05, 0) is 88.3 Å². The summed E-state index contributed by atoms with van der Waals surface area (Å²) < 4.78 is 5.88. The lowest BCUT2D eigenvalue weighted by Crippen LogP contribution is -2.35. The molecule has 0 atom stereocenters. The second-order valence-electron chi connectivity index (χ2n) is 6.39. The molecule has 0 radical (unpaired) electrons. The first kappa shape index (κ1) is 16.3. The van der Waals surface area contributed by atoms with Crippen LogP contribution in [0.3, 0.4) is 0 Å². The van der Waals surface area contributed by atoms with E-state index in [4.69, 9.17) is 10.5 Å². The highest BCUT2D eigenvalue weighted by atomic mass is 16.5. The predicted molar refractivity (Wildman–Crippen MR) is 88.9 cm³/mol. The first-order valence-corrected chi connectivity index (χ1v) is 8.31. The molecule has 3 heteroatoms. The van der Waals surface area contributed by atoms with Crippen molar-refractivity contribution in [2.45, 2.75) is 39.5 Å². The number of likely N-dealkylation sites (tertiary alicyclic amines) is 1. The lowest BCUT2D eigenvalue weighted by molar-refractivity contribution is 0.167. The molecular formula is C18H30N2O. The van der Waals surface area contributed by atoms with Crippen molar-refractivity contribution >= 4 is 0 Å². The number of hydrogen-bond donors (Lipinski definition) is 1. The minimum absolute atomic E-state index is 0.811. The van der Waals surface area contributed by atoms with E-state index in [0.29, 0.717) is 0 Å². The van der Waals surface area contributed by atoms with Gasteiger partial charge in [0.2, 0.25) is 0 Å². The van der Waals surface area contributed by atoms with Crippen LogP contribution in [0.5, 0.6) is 5.75 Å². The van der Waals surface area contributed by atoms with Gasteiger partial charge in [-0.2, -0.15) is 0 Å². The number of aryl methyl sites for hydroxylation is 2. The van der Waals surface area contributed by atoms with Crippen LogP contribution in [0, 0.1) is 19.8 Å². The Balaban J connectivity index is 1.62. The molecule has 1 aromatic rings. The fraction of sp³-hybridized carbons (Fsp3) is 0.667. The SMILES string of the molecule is Cc1cc(C)cc(OCCCN2CCC(CCN)CC2)c1. The van der Waals surface area contributed by atoms with E-state index in [2.05, 4.69) is 36.9 Å². The number of rotatable bonds is 7. The van der Waals surface area contributed by atoms with E-state index < -0.39 is 0 Å². The van der Waals surface area contributed by atoms with E-state index in [0.717, 1.165) is 37.8 Å². The van der Waals surface area contributed by atoms with Gasteiger partial charge in [-0.1, -0.05) is 6.07 Å². The first-order valence-electron chi connectivity index (χ1n) is 8.31. The average molecular weight is 290 g/mol. The van der Waals surface area contributed by atoms with Crippen molar-refractivity contribution in [3.05, 3.63) is 29.3 Å². The molecule has 1 heterocycles. The van der Waals surface area contributed by atoms with Crippen molar-refractivity contribution in [1.29, 1.82) is 0 Å². The van der Waals surface area contributed by atoms with Crippen LogP contribution in [0.25, 0.3) is 0 Å². The number of ether oxygens (including phenoxy) is 1. The van der Waals surface area contributed by atoms with E-state index >= 15 is 0 Å². The van der Waals surface area contributed by atoms with Gasteiger partial charge < -0.3 is 15.4 Å². The highest BCUT2D eigenvalue weighted by Gasteiger charge is 2.17. The fourth-order valence-corrected chi connectivity index (χ4v) is 3.23. The van der Waals surface area contributed by atoms with Crippen LogP contribution in [-0.2, 0) is 0 Å². The van der Waals surface area contributed by atoms with Crippen molar-refractivity contribution in [1.82, 2.24) is 4.90 Å². The van der Waals surface area contributed by atoms with Gasteiger partial charge >= 0.3 is 0 Å². The maximum absolute atomic E-state index is 5.88. The molecule has 1 aliphatic rings. The third-order valence-electron chi connectivity index (χ3n) is 4.36. The smallest absolute Gasteiger partial charge is 0.119 e. The molecule has 118 valence electrons. The maximum Gasteiger partial charge on any atom is 0.119 e. The minimum atomic E-state index is 0.811. The molecule has 2 rings (SSSR count). The number of nitrogens with two attached hydrogens (primary N) is 1. The Morgan fingerprint density at radius 2 is 1.81 bits per heavy atom. The molecule has 0 amide bonds. The Bertz CT molecular complexity index is 405. The molecule has 0 unspecified atom stereocenters. The van der Waals surface area contributed by atoms with E-state index in [1.165, 1.54) is 43.5 Å². The lowest BCUT2D eigenvalue weighted by Gasteiger charge is -2.31. The summed E-state index contributed by atoms with van der Waals surface area (Å²) in [6.45, 7) is 9.50. The van der Waals surface area contributed by atoms with Gasteiger partial charge in [-0.15, -0.1) is 0 Å². The van der Waals surface area contributed by atoms with Crippen molar-refractivity contribution in [3.63, 3.8) is 0 Å². The van der Waals surface area contributed by atoms with Crippen LogP contribution >= 0.6 is 0 Å². The molecular weight excluding hydrogens is 260 g/mol. The van der Waals surface area contributed by atoms with Gasteiger partial charge in [0.1, 0.15) is 5.75 Å². The van der Waals surface area contributed by atoms with Gasteiger partial charge in [0.05, 0.1) is 6.61 Å². The molecule has 1 fully saturated rings. The zero-order valence-electron chi connectivity index (χ0n) is 13.6. The number of nitrogens with zero attached hydrogens (tertiary/aromatic N) is 1. The molecule has 2 N–H and O–H groups in total. The molecule has 1 aromatic carbocycles. The van der Waals surface area contributed by atoms with Gasteiger partial charge in [-0.3, -0.25) is 0 Å². The Kier molecular flexibility index (Phi) is 6.52. The van der Waals surface area contributed by atoms with Crippen molar-refractivity contribution in [3.8, 4) is 5.75 Å². The van der Waals surface area contributed by atoms with Gasteiger partial charge in [0.15, 0.2) is 0 Å². The lowest BCUT2D eigenvalue weighted by atomic mass is 9.93. The third kappa shape index (κ3) is 5.68. The Labute approximate surface area is 129 Å². The van der Waals surface area contributed by atoms with Crippen LogP contribution < -0.4 is 10.5 Å². The Morgan fingerprint density at radius 3 is 2.43 bits per heavy atom. The average Bonchev–Trinajstić information content (AvgIpc) is 2.45. The Morgan fingerprint density at radius 1 is 1.14 bits per heavy atom. The molecule has 0 spiro atoms.